The van der Waals surface area contributed by atoms with Crippen molar-refractivity contribution in [3.05, 3.63) is 23.8 Å². The Balaban J connectivity index is 1.60. The van der Waals surface area contributed by atoms with Crippen LogP contribution in [0.1, 0.15) is 66.2 Å². The monoisotopic (exact) mass is 568 g/mol. The summed E-state index contributed by atoms with van der Waals surface area (Å²) in [4.78, 5) is 61.3. The minimum Gasteiger partial charge on any atom is -0.458 e. The maximum absolute atomic E-state index is 13.7. The number of fused-ring (bicyclic) bond motifs is 5. The summed E-state index contributed by atoms with van der Waals surface area (Å²) in [5.74, 6) is -4.22. The normalized spacial score (nSPS) is 36.5. The van der Waals surface area contributed by atoms with Gasteiger partial charge in [0.25, 0.3) is 0 Å². The van der Waals surface area contributed by atoms with Crippen molar-refractivity contribution in [1.29, 1.82) is 0 Å². The van der Waals surface area contributed by atoms with Gasteiger partial charge in [0.05, 0.1) is 6.42 Å². The highest BCUT2D eigenvalue weighted by atomic mass is 19.4. The van der Waals surface area contributed by atoms with Gasteiger partial charge >= 0.3 is 24.1 Å². The van der Waals surface area contributed by atoms with Gasteiger partial charge in [0.2, 0.25) is 5.78 Å². The number of carbonyl (C=O) groups excluding carboxylic acids is 5. The molecule has 4 rings (SSSR count). The smallest absolute Gasteiger partial charge is 0.458 e. The third kappa shape index (κ3) is 5.00. The van der Waals surface area contributed by atoms with E-state index >= 15 is 0 Å². The number of ether oxygens (including phenoxy) is 3. The first-order valence-electron chi connectivity index (χ1n) is 13.6. The molecule has 0 N–H and O–H groups in total. The van der Waals surface area contributed by atoms with Gasteiger partial charge < -0.3 is 14.2 Å². The maximum Gasteiger partial charge on any atom is 0.490 e. The van der Waals surface area contributed by atoms with E-state index in [1.165, 1.54) is 0 Å². The van der Waals surface area contributed by atoms with E-state index in [4.69, 9.17) is 9.47 Å². The van der Waals surface area contributed by atoms with Crippen LogP contribution in [-0.2, 0) is 38.2 Å². The minimum atomic E-state index is -5.19. The van der Waals surface area contributed by atoms with Gasteiger partial charge in [0.15, 0.2) is 18.0 Å². The highest BCUT2D eigenvalue weighted by molar-refractivity contribution is 6.01. The topological polar surface area (TPSA) is 113 Å². The van der Waals surface area contributed by atoms with Gasteiger partial charge in [0.1, 0.15) is 6.61 Å². The minimum absolute atomic E-state index is 0.0257. The molecule has 0 bridgehead atoms. The number of allylic oxidation sites excluding steroid dienone is 4. The van der Waals surface area contributed by atoms with Crippen LogP contribution in [-0.4, -0.2) is 54.5 Å². The molecule has 0 spiro atoms. The van der Waals surface area contributed by atoms with Crippen molar-refractivity contribution in [3.8, 4) is 0 Å². The van der Waals surface area contributed by atoms with E-state index in [9.17, 15) is 37.1 Å². The Morgan fingerprint density at radius 1 is 1.05 bits per heavy atom. The molecule has 0 heterocycles. The lowest BCUT2D eigenvalue weighted by Gasteiger charge is -2.59. The Kier molecular flexibility index (Phi) is 7.83. The van der Waals surface area contributed by atoms with Crippen LogP contribution < -0.4 is 0 Å². The molecule has 3 fully saturated rings. The highest BCUT2D eigenvalue weighted by Crippen LogP contribution is 2.68. The lowest BCUT2D eigenvalue weighted by atomic mass is 9.45. The van der Waals surface area contributed by atoms with Crippen LogP contribution >= 0.6 is 0 Å². The van der Waals surface area contributed by atoms with Gasteiger partial charge in [-0.1, -0.05) is 32.4 Å². The fourth-order valence-electron chi connectivity index (χ4n) is 8.13. The summed E-state index contributed by atoms with van der Waals surface area (Å²) in [5, 5.41) is 0. The molecule has 3 saturated carbocycles. The van der Waals surface area contributed by atoms with Gasteiger partial charge in [-0.3, -0.25) is 19.2 Å². The van der Waals surface area contributed by atoms with Crippen molar-refractivity contribution >= 4 is 29.5 Å². The molecule has 7 atom stereocenters. The first-order valence-corrected chi connectivity index (χ1v) is 13.6. The molecule has 0 aromatic heterocycles. The fraction of sp³-hybridized carbons (Fsp3) is 0.690. The van der Waals surface area contributed by atoms with Gasteiger partial charge in [-0.2, -0.15) is 13.2 Å². The molecule has 11 heteroatoms. The SMILES string of the molecule is CC(=O)OCC(=O)[C@@]1(OC(=O)CCOC(=O)C(F)(F)F)CC[C@H]2[C@@H]3C[C@H](C)C4=CC(=O)C=C[C@]4(C)[C@H]3CC[C@@]21C. The van der Waals surface area contributed by atoms with Crippen molar-refractivity contribution in [3.63, 3.8) is 0 Å². The lowest BCUT2D eigenvalue weighted by molar-refractivity contribution is -0.202. The Hall–Kier alpha value is -2.98. The van der Waals surface area contributed by atoms with E-state index in [1.54, 1.807) is 12.2 Å². The fourth-order valence-corrected chi connectivity index (χ4v) is 8.13. The number of rotatable bonds is 7. The molecule has 0 unspecified atom stereocenters. The number of hydrogen-bond acceptors (Lipinski definition) is 8. The van der Waals surface area contributed by atoms with E-state index in [2.05, 4.69) is 18.6 Å². The van der Waals surface area contributed by atoms with Crippen LogP contribution in [0, 0.1) is 34.5 Å². The summed E-state index contributed by atoms with van der Waals surface area (Å²) in [5.41, 5.74) is -1.68. The Bertz CT molecular complexity index is 1170. The first-order chi connectivity index (χ1) is 18.5. The molecule has 0 aliphatic heterocycles. The van der Waals surface area contributed by atoms with Crippen LogP contribution in [0.15, 0.2) is 23.8 Å². The number of carbonyl (C=O) groups is 5. The number of halogens is 3. The molecule has 0 aromatic rings. The van der Waals surface area contributed by atoms with Crippen molar-refractivity contribution in [2.24, 2.45) is 34.5 Å². The molecule has 0 radical (unpaired) electrons. The first kappa shape index (κ1) is 30.0. The van der Waals surface area contributed by atoms with E-state index in [0.29, 0.717) is 19.3 Å². The van der Waals surface area contributed by atoms with Gasteiger partial charge in [0, 0.05) is 17.8 Å². The molecule has 0 amide bonds. The number of esters is 3. The van der Waals surface area contributed by atoms with Crippen LogP contribution in [0.5, 0.6) is 0 Å². The summed E-state index contributed by atoms with van der Waals surface area (Å²) in [6, 6.07) is 0. The standard InChI is InChI=1S/C29H35F3O8/c1-16-13-19-20(26(3)9-5-18(34)14-22(16)26)6-10-27(4)21(19)7-11-28(27,23(35)15-39-17(2)33)40-24(36)8-12-38-25(37)29(30,31)32/h5,9,14,16,19-21H,6-8,10-13,15H2,1-4H3/t16-,19+,20-,21-,26+,27-,28-/m0/s1. The molecule has 0 aromatic carbocycles. The third-order valence-corrected chi connectivity index (χ3v) is 9.91. The quantitative estimate of drug-likeness (QED) is 0.327. The third-order valence-electron chi connectivity index (χ3n) is 9.91. The Morgan fingerprint density at radius 3 is 2.38 bits per heavy atom. The zero-order chi connectivity index (χ0) is 29.7. The average Bonchev–Trinajstić information content (AvgIpc) is 3.16. The maximum atomic E-state index is 13.7. The summed E-state index contributed by atoms with van der Waals surface area (Å²) in [6.07, 6.45) is 2.22. The van der Waals surface area contributed by atoms with Crippen molar-refractivity contribution in [2.45, 2.75) is 78.0 Å². The van der Waals surface area contributed by atoms with Crippen LogP contribution in [0.2, 0.25) is 0 Å². The van der Waals surface area contributed by atoms with Gasteiger partial charge in [-0.15, -0.1) is 0 Å². The molecule has 8 nitrogen and oxygen atoms in total. The predicted octanol–water partition coefficient (Wildman–Crippen LogP) is 4.45. The average molecular weight is 569 g/mol. The van der Waals surface area contributed by atoms with E-state index in [0.717, 1.165) is 18.9 Å². The Morgan fingerprint density at radius 2 is 1.73 bits per heavy atom. The van der Waals surface area contributed by atoms with Crippen LogP contribution in [0.4, 0.5) is 13.2 Å². The van der Waals surface area contributed by atoms with Crippen LogP contribution in [0.25, 0.3) is 0 Å². The summed E-state index contributed by atoms with van der Waals surface area (Å²) in [6.45, 7) is 5.84. The Labute approximate surface area is 230 Å². The number of hydrogen-bond donors (Lipinski definition) is 0. The number of ketones is 2. The highest BCUT2D eigenvalue weighted by Gasteiger charge is 2.69. The second-order valence-electron chi connectivity index (χ2n) is 12.0. The van der Waals surface area contributed by atoms with E-state index < -0.39 is 60.5 Å². The lowest BCUT2D eigenvalue weighted by Crippen LogP contribution is -2.60. The number of alkyl halides is 3. The summed E-state index contributed by atoms with van der Waals surface area (Å²) in [7, 11) is 0. The van der Waals surface area contributed by atoms with Crippen LogP contribution in [0.3, 0.4) is 0 Å². The van der Waals surface area contributed by atoms with Crippen molar-refractivity contribution in [2.75, 3.05) is 13.2 Å². The largest absolute Gasteiger partial charge is 0.490 e. The zero-order valence-corrected chi connectivity index (χ0v) is 23.1. The van der Waals surface area contributed by atoms with E-state index in [-0.39, 0.29) is 41.3 Å². The van der Waals surface area contributed by atoms with Crippen molar-refractivity contribution in [1.82, 2.24) is 0 Å². The van der Waals surface area contributed by atoms with Gasteiger partial charge in [-0.05, 0) is 67.9 Å². The van der Waals surface area contributed by atoms with Crippen molar-refractivity contribution < 1.29 is 51.4 Å². The molecule has 220 valence electrons. The molecule has 0 saturated heterocycles. The second kappa shape index (κ2) is 10.4. The summed E-state index contributed by atoms with van der Waals surface area (Å²) >= 11 is 0. The second-order valence-corrected chi connectivity index (χ2v) is 12.0. The molecular weight excluding hydrogens is 533 g/mol. The summed E-state index contributed by atoms with van der Waals surface area (Å²) < 4.78 is 52.4. The molecule has 4 aliphatic rings. The van der Waals surface area contributed by atoms with E-state index in [1.807, 2.05) is 13.0 Å². The zero-order valence-electron chi connectivity index (χ0n) is 23.1. The molecular formula is C29H35F3O8. The molecule has 4 aliphatic carbocycles. The predicted molar refractivity (Wildman–Crippen MR) is 133 cm³/mol. The number of Topliss-reactive ketones (excluding diaryl/α,β-unsaturated/α-hetero) is 1. The van der Waals surface area contributed by atoms with Gasteiger partial charge in [-0.25, -0.2) is 4.79 Å². The molecule has 40 heavy (non-hydrogen) atoms.